The number of carbonyl (C=O) groups excluding carboxylic acids is 1. The van der Waals surface area contributed by atoms with Crippen LogP contribution >= 0.6 is 0 Å². The molecule has 21 heavy (non-hydrogen) atoms. The lowest BCUT2D eigenvalue weighted by Gasteiger charge is -2.35. The molecule has 112 valence electrons. The number of Topliss-reactive ketones (excluding diaryl/α,β-unsaturated/α-hetero) is 1. The van der Waals surface area contributed by atoms with Crippen LogP contribution in [0.1, 0.15) is 27.2 Å². The van der Waals surface area contributed by atoms with E-state index in [1.165, 1.54) is 5.19 Å². The maximum absolute atomic E-state index is 12.8. The quantitative estimate of drug-likeness (QED) is 0.594. The van der Waals surface area contributed by atoms with E-state index < -0.39 is 8.07 Å². The average molecular weight is 299 g/mol. The van der Waals surface area contributed by atoms with Crippen molar-refractivity contribution in [2.24, 2.45) is 5.41 Å². The first-order chi connectivity index (χ1) is 9.74. The summed E-state index contributed by atoms with van der Waals surface area (Å²) in [5.74, 6) is 0.299. The molecule has 1 aromatic carbocycles. The molecule has 1 aliphatic rings. The maximum Gasteiger partial charge on any atom is 0.164 e. The van der Waals surface area contributed by atoms with E-state index in [1.807, 2.05) is 20.8 Å². The van der Waals surface area contributed by atoms with Gasteiger partial charge in [-0.05, 0) is 12.0 Å². The van der Waals surface area contributed by atoms with E-state index in [0.717, 1.165) is 12.0 Å². The van der Waals surface area contributed by atoms with Gasteiger partial charge < -0.3 is 0 Å². The van der Waals surface area contributed by atoms with Gasteiger partial charge in [-0.25, -0.2) is 0 Å². The minimum atomic E-state index is -1.76. The van der Waals surface area contributed by atoms with Crippen LogP contribution in [-0.4, -0.2) is 13.9 Å². The zero-order valence-electron chi connectivity index (χ0n) is 13.8. The van der Waals surface area contributed by atoms with Crippen molar-refractivity contribution in [3.8, 4) is 0 Å². The molecule has 0 fully saturated rings. The van der Waals surface area contributed by atoms with Crippen LogP contribution in [-0.2, 0) is 4.79 Å². The van der Waals surface area contributed by atoms with E-state index in [9.17, 15) is 4.79 Å². The Morgan fingerprint density at radius 1 is 1.14 bits per heavy atom. The van der Waals surface area contributed by atoms with Crippen molar-refractivity contribution in [3.63, 3.8) is 0 Å². The predicted octanol–water partition coefficient (Wildman–Crippen LogP) is 4.47. The van der Waals surface area contributed by atoms with Gasteiger partial charge in [-0.2, -0.15) is 0 Å². The maximum atomic E-state index is 12.8. The molecule has 1 unspecified atom stereocenters. The highest BCUT2D eigenvalue weighted by Gasteiger charge is 2.39. The molecule has 0 saturated carbocycles. The first kappa shape index (κ1) is 16.0. The molecule has 1 aromatic rings. The van der Waals surface area contributed by atoms with Gasteiger partial charge in [0.25, 0.3) is 0 Å². The van der Waals surface area contributed by atoms with Crippen molar-refractivity contribution in [1.29, 1.82) is 0 Å². The highest BCUT2D eigenvalue weighted by Crippen LogP contribution is 2.38. The molecule has 2 heteroatoms. The fraction of sp³-hybridized carbons (Fsp3) is 0.421. The Balaban J connectivity index is 2.41. The Labute approximate surface area is 129 Å². The summed E-state index contributed by atoms with van der Waals surface area (Å²) in [6, 6.07) is 10.7. The average Bonchev–Trinajstić information content (AvgIpc) is 2.46. The number of hydrogen-bond acceptors (Lipinski definition) is 1. The minimum absolute atomic E-state index is 0.278. The molecule has 0 heterocycles. The minimum Gasteiger partial charge on any atom is -0.294 e. The lowest BCUT2D eigenvalue weighted by Crippen LogP contribution is -2.47. The normalized spacial score (nSPS) is 19.3. The zero-order valence-corrected chi connectivity index (χ0v) is 14.8. The first-order valence-corrected chi connectivity index (χ1v) is 10.8. The number of benzene rings is 1. The third kappa shape index (κ3) is 3.26. The molecule has 2 rings (SSSR count). The van der Waals surface area contributed by atoms with E-state index in [-0.39, 0.29) is 11.0 Å². The monoisotopic (exact) mass is 298 g/mol. The van der Waals surface area contributed by atoms with Crippen LogP contribution in [0.3, 0.4) is 0 Å². The summed E-state index contributed by atoms with van der Waals surface area (Å²) in [5, 5.41) is 1.41. The highest BCUT2D eigenvalue weighted by molar-refractivity contribution is 6.92. The van der Waals surface area contributed by atoms with Gasteiger partial charge in [0.15, 0.2) is 5.78 Å². The van der Waals surface area contributed by atoms with Crippen LogP contribution < -0.4 is 5.19 Å². The fourth-order valence-corrected chi connectivity index (χ4v) is 6.04. The van der Waals surface area contributed by atoms with Gasteiger partial charge >= 0.3 is 0 Å². The Kier molecular flexibility index (Phi) is 4.38. The number of hydrogen-bond donors (Lipinski definition) is 0. The Bertz CT molecular complexity index is 573. The predicted molar refractivity (Wildman–Crippen MR) is 93.6 cm³/mol. The Hall–Kier alpha value is -1.41. The molecular formula is C19H26OSi. The molecule has 1 atom stereocenters. The van der Waals surface area contributed by atoms with Gasteiger partial charge in [-0.1, -0.05) is 87.6 Å². The molecule has 0 N–H and O–H groups in total. The lowest BCUT2D eigenvalue weighted by atomic mass is 9.83. The molecule has 1 nitrogen and oxygen atoms in total. The largest absolute Gasteiger partial charge is 0.294 e. The second-order valence-corrected chi connectivity index (χ2v) is 12.1. The second kappa shape index (κ2) is 5.76. The van der Waals surface area contributed by atoms with Crippen molar-refractivity contribution in [2.75, 3.05) is 0 Å². The lowest BCUT2D eigenvalue weighted by molar-refractivity contribution is -0.122. The van der Waals surface area contributed by atoms with Crippen LogP contribution in [0.15, 0.2) is 54.1 Å². The van der Waals surface area contributed by atoms with E-state index in [1.54, 1.807) is 0 Å². The van der Waals surface area contributed by atoms with E-state index in [0.29, 0.717) is 5.78 Å². The van der Waals surface area contributed by atoms with E-state index in [2.05, 4.69) is 61.7 Å². The Morgan fingerprint density at radius 2 is 1.76 bits per heavy atom. The van der Waals surface area contributed by atoms with Gasteiger partial charge in [0.05, 0.1) is 8.07 Å². The standard InChI is InChI=1S/C19H26OSi/c1-19(2,3)18(20)16-13-9-10-14-17(16)21(4,5)15-11-7-6-8-12-15/h6-8,10-14,17H,9H2,1-5H3. The van der Waals surface area contributed by atoms with Crippen molar-refractivity contribution in [1.82, 2.24) is 0 Å². The van der Waals surface area contributed by atoms with Gasteiger partial charge in [0.1, 0.15) is 0 Å². The van der Waals surface area contributed by atoms with Crippen molar-refractivity contribution in [2.45, 2.75) is 45.8 Å². The highest BCUT2D eigenvalue weighted by atomic mass is 28.3. The summed E-state index contributed by atoms with van der Waals surface area (Å²) >= 11 is 0. The van der Waals surface area contributed by atoms with Gasteiger partial charge in [0.2, 0.25) is 0 Å². The molecule has 0 radical (unpaired) electrons. The van der Waals surface area contributed by atoms with Crippen LogP contribution in [0.5, 0.6) is 0 Å². The molecular weight excluding hydrogens is 272 g/mol. The van der Waals surface area contributed by atoms with E-state index in [4.69, 9.17) is 0 Å². The van der Waals surface area contributed by atoms with Crippen LogP contribution in [0.4, 0.5) is 0 Å². The molecule has 0 bridgehead atoms. The fourth-order valence-electron chi connectivity index (χ4n) is 2.98. The van der Waals surface area contributed by atoms with Gasteiger partial charge in [0, 0.05) is 11.0 Å². The van der Waals surface area contributed by atoms with Gasteiger partial charge in [-0.15, -0.1) is 0 Å². The summed E-state index contributed by atoms with van der Waals surface area (Å²) in [7, 11) is -1.76. The summed E-state index contributed by atoms with van der Waals surface area (Å²) in [6.45, 7) is 10.8. The van der Waals surface area contributed by atoms with Crippen LogP contribution in [0.2, 0.25) is 18.6 Å². The first-order valence-electron chi connectivity index (χ1n) is 7.71. The summed E-state index contributed by atoms with van der Waals surface area (Å²) in [6.07, 6.45) is 7.52. The van der Waals surface area contributed by atoms with Crippen molar-refractivity contribution in [3.05, 3.63) is 54.1 Å². The topological polar surface area (TPSA) is 17.1 Å². The SMILES string of the molecule is CC(C)(C)C(=O)C1=CCC=CC1[Si](C)(C)c1ccccc1. The van der Waals surface area contributed by atoms with E-state index >= 15 is 0 Å². The number of ketones is 1. The van der Waals surface area contributed by atoms with Crippen LogP contribution in [0, 0.1) is 5.41 Å². The molecule has 1 aliphatic carbocycles. The zero-order chi connectivity index (χ0) is 15.7. The Morgan fingerprint density at radius 3 is 2.33 bits per heavy atom. The molecule has 0 spiro atoms. The number of carbonyl (C=O) groups is 1. The van der Waals surface area contributed by atoms with Gasteiger partial charge in [-0.3, -0.25) is 4.79 Å². The number of allylic oxidation sites excluding steroid dienone is 4. The number of rotatable bonds is 3. The van der Waals surface area contributed by atoms with Crippen molar-refractivity contribution < 1.29 is 4.79 Å². The summed E-state index contributed by atoms with van der Waals surface area (Å²) in [5.41, 5.74) is 1.00. The van der Waals surface area contributed by atoms with Crippen LogP contribution in [0.25, 0.3) is 0 Å². The molecule has 0 amide bonds. The summed E-state index contributed by atoms with van der Waals surface area (Å²) < 4.78 is 0. The smallest absolute Gasteiger partial charge is 0.164 e. The molecule has 0 aliphatic heterocycles. The molecule has 0 aromatic heterocycles. The molecule has 0 saturated heterocycles. The van der Waals surface area contributed by atoms with Crippen molar-refractivity contribution >= 4 is 19.0 Å². The third-order valence-electron chi connectivity index (χ3n) is 4.38. The summed E-state index contributed by atoms with van der Waals surface area (Å²) in [4.78, 5) is 12.8. The second-order valence-electron chi connectivity index (χ2n) is 7.47. The third-order valence-corrected chi connectivity index (χ3v) is 8.26.